The Hall–Kier alpha value is -3.00. The van der Waals surface area contributed by atoms with Crippen molar-refractivity contribution in [1.82, 2.24) is 0 Å². The van der Waals surface area contributed by atoms with Crippen LogP contribution in [0.15, 0.2) is 60.0 Å². The van der Waals surface area contributed by atoms with E-state index in [0.29, 0.717) is 11.3 Å². The zero-order valence-electron chi connectivity index (χ0n) is 15.9. The highest BCUT2D eigenvalue weighted by atomic mass is 32.1. The Morgan fingerprint density at radius 3 is 2.50 bits per heavy atom. The minimum atomic E-state index is -4.73. The molecule has 2 heterocycles. The van der Waals surface area contributed by atoms with E-state index in [1.165, 1.54) is 34.7 Å². The first-order chi connectivity index (χ1) is 14.4. The minimum Gasteiger partial charge on any atom is -0.406 e. The van der Waals surface area contributed by atoms with Crippen LogP contribution in [0, 0.1) is 0 Å². The van der Waals surface area contributed by atoms with E-state index in [1.54, 1.807) is 11.3 Å². The molecule has 2 aromatic carbocycles. The second-order valence-electron chi connectivity index (χ2n) is 7.00. The number of hydrogen-bond donors (Lipinski definition) is 1. The fraction of sp³-hybridized carbons (Fsp3) is 0.227. The molecule has 4 rings (SSSR count). The van der Waals surface area contributed by atoms with Gasteiger partial charge in [0.2, 0.25) is 5.91 Å². The number of alkyl halides is 3. The van der Waals surface area contributed by atoms with E-state index in [-0.39, 0.29) is 18.1 Å². The van der Waals surface area contributed by atoms with Crippen LogP contribution in [0.2, 0.25) is 0 Å². The monoisotopic (exact) mass is 432 g/mol. The maximum absolute atomic E-state index is 12.3. The van der Waals surface area contributed by atoms with Gasteiger partial charge in [0.15, 0.2) is 0 Å². The zero-order chi connectivity index (χ0) is 21.1. The Morgan fingerprint density at radius 1 is 1.07 bits per heavy atom. The molecule has 156 valence electrons. The molecule has 1 aromatic heterocycles. The molecule has 1 aliphatic heterocycles. The number of benzene rings is 2. The Balaban J connectivity index is 1.32. The highest BCUT2D eigenvalue weighted by molar-refractivity contribution is 7.10. The van der Waals surface area contributed by atoms with Gasteiger partial charge in [-0.05, 0) is 65.4 Å². The van der Waals surface area contributed by atoms with Crippen LogP contribution in [0.1, 0.15) is 16.0 Å². The van der Waals surface area contributed by atoms with Crippen LogP contribution in [0.25, 0.3) is 0 Å². The molecular weight excluding hydrogens is 413 g/mol. The number of anilines is 2. The summed E-state index contributed by atoms with van der Waals surface area (Å²) in [5.74, 6) is -0.553. The third-order valence-corrected chi connectivity index (χ3v) is 5.87. The summed E-state index contributed by atoms with van der Waals surface area (Å²) in [7, 11) is 0. The Morgan fingerprint density at radius 2 is 1.80 bits per heavy atom. The molecule has 0 fully saturated rings. The van der Waals surface area contributed by atoms with Gasteiger partial charge in [0.1, 0.15) is 5.75 Å². The summed E-state index contributed by atoms with van der Waals surface area (Å²) in [5, 5.41) is 4.95. The van der Waals surface area contributed by atoms with Crippen molar-refractivity contribution in [1.29, 1.82) is 0 Å². The number of hydrogen-bond acceptors (Lipinski definition) is 4. The zero-order valence-corrected chi connectivity index (χ0v) is 16.7. The summed E-state index contributed by atoms with van der Waals surface area (Å²) in [6, 6.07) is 15.1. The predicted molar refractivity (Wildman–Crippen MR) is 111 cm³/mol. The highest BCUT2D eigenvalue weighted by Gasteiger charge is 2.31. The summed E-state index contributed by atoms with van der Waals surface area (Å²) < 4.78 is 40.4. The van der Waals surface area contributed by atoms with Crippen LogP contribution < -0.4 is 15.0 Å². The van der Waals surface area contributed by atoms with E-state index in [1.807, 2.05) is 24.3 Å². The summed E-state index contributed by atoms with van der Waals surface area (Å²) in [6.45, 7) is 1.85. The molecule has 8 heteroatoms. The lowest BCUT2D eigenvalue weighted by Gasteiger charge is -2.29. The predicted octanol–water partition coefficient (Wildman–Crippen LogP) is 5.39. The quantitative estimate of drug-likeness (QED) is 0.588. The summed E-state index contributed by atoms with van der Waals surface area (Å²) in [4.78, 5) is 16.0. The van der Waals surface area contributed by atoms with E-state index < -0.39 is 6.36 Å². The number of carbonyl (C=O) groups excluding carboxylic acids is 1. The minimum absolute atomic E-state index is 0.0567. The van der Waals surface area contributed by atoms with Gasteiger partial charge in [0.25, 0.3) is 0 Å². The van der Waals surface area contributed by atoms with Gasteiger partial charge < -0.3 is 15.0 Å². The number of halogens is 3. The van der Waals surface area contributed by atoms with E-state index in [4.69, 9.17) is 0 Å². The molecule has 0 bridgehead atoms. The number of thiophene rings is 1. The number of rotatable bonds is 5. The normalized spacial score (nSPS) is 13.6. The van der Waals surface area contributed by atoms with E-state index in [9.17, 15) is 18.0 Å². The van der Waals surface area contributed by atoms with Crippen LogP contribution in [0.4, 0.5) is 24.5 Å². The lowest BCUT2D eigenvalue weighted by Crippen LogP contribution is -2.29. The van der Waals surface area contributed by atoms with Crippen LogP contribution in [-0.4, -0.2) is 18.8 Å². The summed E-state index contributed by atoms with van der Waals surface area (Å²) in [5.41, 5.74) is 3.74. The molecule has 0 radical (unpaired) electrons. The number of fused-ring (bicyclic) bond motifs is 1. The second-order valence-corrected chi connectivity index (χ2v) is 8.00. The summed E-state index contributed by atoms with van der Waals surface area (Å²) >= 11 is 1.80. The van der Waals surface area contributed by atoms with Gasteiger partial charge in [0, 0.05) is 29.3 Å². The van der Waals surface area contributed by atoms with Crippen LogP contribution in [0.3, 0.4) is 0 Å². The smallest absolute Gasteiger partial charge is 0.406 e. The van der Waals surface area contributed by atoms with Gasteiger partial charge in [0.05, 0.1) is 6.42 Å². The molecule has 0 unspecified atom stereocenters. The third-order valence-electron chi connectivity index (χ3n) is 4.85. The maximum Gasteiger partial charge on any atom is 0.573 e. The fourth-order valence-corrected chi connectivity index (χ4v) is 4.31. The van der Waals surface area contributed by atoms with Crippen molar-refractivity contribution in [3.05, 3.63) is 76.0 Å². The molecule has 1 N–H and O–H groups in total. The number of amides is 1. The largest absolute Gasteiger partial charge is 0.573 e. The molecular formula is C22H19F3N2O2S. The van der Waals surface area contributed by atoms with E-state index >= 15 is 0 Å². The number of carbonyl (C=O) groups is 1. The molecule has 0 saturated heterocycles. The lowest BCUT2D eigenvalue weighted by atomic mass is 10.1. The topological polar surface area (TPSA) is 41.6 Å². The van der Waals surface area contributed by atoms with Crippen molar-refractivity contribution in [3.63, 3.8) is 0 Å². The van der Waals surface area contributed by atoms with Crippen molar-refractivity contribution in [3.8, 4) is 5.75 Å². The van der Waals surface area contributed by atoms with Gasteiger partial charge >= 0.3 is 6.36 Å². The van der Waals surface area contributed by atoms with Gasteiger partial charge in [-0.2, -0.15) is 0 Å². The molecule has 3 aromatic rings. The number of nitrogens with zero attached hydrogens (tertiary/aromatic N) is 1. The molecule has 0 saturated carbocycles. The van der Waals surface area contributed by atoms with Crippen LogP contribution in [-0.2, 0) is 24.2 Å². The Bertz CT molecular complexity index is 1010. The molecule has 1 amide bonds. The lowest BCUT2D eigenvalue weighted by molar-refractivity contribution is -0.274. The molecule has 0 aliphatic carbocycles. The summed E-state index contributed by atoms with van der Waals surface area (Å²) in [6.07, 6.45) is -3.63. The first-order valence-corrected chi connectivity index (χ1v) is 10.3. The average Bonchev–Trinajstić information content (AvgIpc) is 3.17. The van der Waals surface area contributed by atoms with Crippen molar-refractivity contribution in [2.24, 2.45) is 0 Å². The molecule has 0 spiro atoms. The first-order valence-electron chi connectivity index (χ1n) is 9.40. The van der Waals surface area contributed by atoms with Gasteiger partial charge in [-0.15, -0.1) is 24.5 Å². The highest BCUT2D eigenvalue weighted by Crippen LogP contribution is 2.28. The maximum atomic E-state index is 12.3. The van der Waals surface area contributed by atoms with Gasteiger partial charge in [-0.25, -0.2) is 0 Å². The number of nitrogens with one attached hydrogen (secondary N) is 1. The average molecular weight is 432 g/mol. The van der Waals surface area contributed by atoms with Crippen molar-refractivity contribution < 1.29 is 22.7 Å². The van der Waals surface area contributed by atoms with Crippen LogP contribution in [0.5, 0.6) is 5.75 Å². The Labute approximate surface area is 175 Å². The van der Waals surface area contributed by atoms with Crippen LogP contribution >= 0.6 is 11.3 Å². The van der Waals surface area contributed by atoms with E-state index in [0.717, 1.165) is 25.2 Å². The Kier molecular flexibility index (Phi) is 5.67. The number of ether oxygens (including phenoxy) is 1. The van der Waals surface area contributed by atoms with Gasteiger partial charge in [-0.1, -0.05) is 12.1 Å². The molecule has 4 nitrogen and oxygen atoms in total. The van der Waals surface area contributed by atoms with Crippen molar-refractivity contribution in [2.75, 3.05) is 16.8 Å². The van der Waals surface area contributed by atoms with Crippen molar-refractivity contribution >= 4 is 28.6 Å². The van der Waals surface area contributed by atoms with Crippen molar-refractivity contribution in [2.45, 2.75) is 25.7 Å². The molecule has 30 heavy (non-hydrogen) atoms. The van der Waals surface area contributed by atoms with Gasteiger partial charge in [-0.3, -0.25) is 4.79 Å². The van der Waals surface area contributed by atoms with E-state index in [2.05, 4.69) is 26.4 Å². The SMILES string of the molecule is O=C(Cc1ccc(OC(F)(F)F)cc1)Nc1ccc(N2CCc3sccc3C2)cc1. The second kappa shape index (κ2) is 8.39. The molecule has 0 atom stereocenters. The molecule has 1 aliphatic rings. The standard InChI is InChI=1S/C22H19F3N2O2S/c23-22(24,25)29-19-7-1-15(2-8-19)13-21(28)26-17-3-5-18(6-4-17)27-11-9-20-16(14-27)10-12-30-20/h1-8,10,12H,9,11,13-14H2,(H,26,28). The third kappa shape index (κ3) is 5.13. The first kappa shape index (κ1) is 20.3. The fourth-order valence-electron chi connectivity index (χ4n) is 3.42.